The molecule has 2 aromatic rings. The molecular weight excluding hydrogens is 354 g/mol. The Hall–Kier alpha value is -2.42. The van der Waals surface area contributed by atoms with Crippen molar-refractivity contribution in [2.75, 3.05) is 25.8 Å². The summed E-state index contributed by atoms with van der Waals surface area (Å²) in [6.07, 6.45) is 0.845. The summed E-state index contributed by atoms with van der Waals surface area (Å²) in [5, 5.41) is 11.6. The van der Waals surface area contributed by atoms with E-state index >= 15 is 0 Å². The predicted molar refractivity (Wildman–Crippen MR) is 102 cm³/mol. The van der Waals surface area contributed by atoms with Gasteiger partial charge >= 0.3 is 0 Å². The van der Waals surface area contributed by atoms with Gasteiger partial charge < -0.3 is 20.6 Å². The molecule has 9 heteroatoms. The lowest BCUT2D eigenvalue weighted by molar-refractivity contribution is -0.120. The number of thioether (sulfide) groups is 1. The van der Waals surface area contributed by atoms with Crippen molar-refractivity contribution in [3.63, 3.8) is 0 Å². The predicted octanol–water partition coefficient (Wildman–Crippen LogP) is 2.07. The second-order valence-corrected chi connectivity index (χ2v) is 7.26. The third-order valence-corrected chi connectivity index (χ3v) is 4.95. The third-order valence-electron chi connectivity index (χ3n) is 4.01. The Balaban J connectivity index is 2.14. The second-order valence-electron chi connectivity index (χ2n) is 6.32. The third kappa shape index (κ3) is 4.60. The Labute approximate surface area is 157 Å². The number of benzene rings is 1. The largest absolute Gasteiger partial charge is 0.497 e. The monoisotopic (exact) mass is 379 g/mol. The first kappa shape index (κ1) is 19.9. The number of carbonyl (C=O) groups excluding carboxylic acids is 1. The van der Waals surface area contributed by atoms with Crippen LogP contribution in [-0.4, -0.2) is 46.3 Å². The van der Waals surface area contributed by atoms with Gasteiger partial charge in [-0.3, -0.25) is 4.79 Å². The molecule has 0 aliphatic heterocycles. The molecule has 142 valence electrons. The number of nitrogens with two attached hydrogens (primary N) is 1. The van der Waals surface area contributed by atoms with Crippen LogP contribution in [0.2, 0.25) is 0 Å². The van der Waals surface area contributed by atoms with Crippen molar-refractivity contribution in [2.45, 2.75) is 37.9 Å². The molecule has 0 fully saturated rings. The number of ether oxygens (including phenoxy) is 2. The van der Waals surface area contributed by atoms with Crippen LogP contribution in [0, 0.1) is 0 Å². The first-order chi connectivity index (χ1) is 12.3. The molecule has 1 amide bonds. The summed E-state index contributed by atoms with van der Waals surface area (Å²) in [6, 6.07) is 5.34. The number of methoxy groups -OCH3 is 2. The maximum absolute atomic E-state index is 12.1. The molecular formula is C17H25N5O3S. The van der Waals surface area contributed by atoms with Crippen LogP contribution in [0.4, 0.5) is 0 Å². The van der Waals surface area contributed by atoms with Crippen LogP contribution >= 0.6 is 11.8 Å². The van der Waals surface area contributed by atoms with Gasteiger partial charge in [-0.15, -0.1) is 10.2 Å². The molecule has 0 aliphatic rings. The fraction of sp³-hybridized carbons (Fsp3) is 0.471. The van der Waals surface area contributed by atoms with Crippen LogP contribution in [0.15, 0.2) is 23.4 Å². The molecule has 0 saturated heterocycles. The number of rotatable bonds is 8. The minimum atomic E-state index is -0.240. The van der Waals surface area contributed by atoms with Gasteiger partial charge in [-0.25, -0.2) is 4.68 Å². The standard InChI is InChI=1S/C17H25N5O3S/c1-6-17(2,3)19-14(23)10-26-16-21-20-15(22(16)18)12-8-7-11(24-4)9-13(12)25-5/h7-9H,6,10,18H2,1-5H3,(H,19,23). The summed E-state index contributed by atoms with van der Waals surface area (Å²) in [5.74, 6) is 7.94. The highest BCUT2D eigenvalue weighted by molar-refractivity contribution is 7.99. The van der Waals surface area contributed by atoms with E-state index in [1.54, 1.807) is 32.4 Å². The lowest BCUT2D eigenvalue weighted by Crippen LogP contribution is -2.43. The fourth-order valence-electron chi connectivity index (χ4n) is 2.17. The summed E-state index contributed by atoms with van der Waals surface area (Å²) in [6.45, 7) is 5.99. The highest BCUT2D eigenvalue weighted by Gasteiger charge is 2.20. The molecule has 0 unspecified atom stereocenters. The highest BCUT2D eigenvalue weighted by Crippen LogP contribution is 2.32. The highest BCUT2D eigenvalue weighted by atomic mass is 32.2. The molecule has 2 rings (SSSR count). The number of amides is 1. The van der Waals surface area contributed by atoms with Gasteiger partial charge in [-0.1, -0.05) is 18.7 Å². The molecule has 0 atom stereocenters. The van der Waals surface area contributed by atoms with Crippen LogP contribution in [0.1, 0.15) is 27.2 Å². The average molecular weight is 379 g/mol. The Morgan fingerprint density at radius 2 is 2.04 bits per heavy atom. The number of aromatic nitrogens is 3. The smallest absolute Gasteiger partial charge is 0.230 e. The second kappa shape index (κ2) is 8.31. The van der Waals surface area contributed by atoms with E-state index in [1.807, 2.05) is 20.8 Å². The first-order valence-electron chi connectivity index (χ1n) is 8.18. The van der Waals surface area contributed by atoms with E-state index in [-0.39, 0.29) is 17.2 Å². The van der Waals surface area contributed by atoms with Gasteiger partial charge in [-0.05, 0) is 32.4 Å². The Morgan fingerprint density at radius 1 is 1.31 bits per heavy atom. The topological polar surface area (TPSA) is 104 Å². The van der Waals surface area contributed by atoms with Gasteiger partial charge in [0, 0.05) is 11.6 Å². The summed E-state index contributed by atoms with van der Waals surface area (Å²) in [4.78, 5) is 12.1. The average Bonchev–Trinajstić information content (AvgIpc) is 2.99. The molecule has 0 radical (unpaired) electrons. The van der Waals surface area contributed by atoms with Gasteiger partial charge in [0.2, 0.25) is 11.1 Å². The molecule has 0 aliphatic carbocycles. The van der Waals surface area contributed by atoms with Crippen molar-refractivity contribution in [2.24, 2.45) is 0 Å². The van der Waals surface area contributed by atoms with E-state index < -0.39 is 0 Å². The Morgan fingerprint density at radius 3 is 2.65 bits per heavy atom. The molecule has 0 spiro atoms. The minimum absolute atomic E-state index is 0.0755. The van der Waals surface area contributed by atoms with Gasteiger partial charge in [-0.2, -0.15) is 0 Å². The van der Waals surface area contributed by atoms with Crippen LogP contribution in [0.25, 0.3) is 11.4 Å². The van der Waals surface area contributed by atoms with Crippen LogP contribution in [-0.2, 0) is 4.79 Å². The van der Waals surface area contributed by atoms with Gasteiger partial charge in [0.1, 0.15) is 11.5 Å². The summed E-state index contributed by atoms with van der Waals surface area (Å²) in [5.41, 5.74) is 0.446. The zero-order valence-electron chi connectivity index (χ0n) is 15.7. The van der Waals surface area contributed by atoms with Crippen molar-refractivity contribution in [3.05, 3.63) is 18.2 Å². The van der Waals surface area contributed by atoms with Crippen molar-refractivity contribution in [1.29, 1.82) is 0 Å². The zero-order valence-corrected chi connectivity index (χ0v) is 16.5. The summed E-state index contributed by atoms with van der Waals surface area (Å²) < 4.78 is 11.9. The van der Waals surface area contributed by atoms with E-state index in [0.29, 0.717) is 28.0 Å². The van der Waals surface area contributed by atoms with Crippen LogP contribution in [0.5, 0.6) is 11.5 Å². The van der Waals surface area contributed by atoms with Gasteiger partial charge in [0.15, 0.2) is 5.82 Å². The van der Waals surface area contributed by atoms with Gasteiger partial charge in [0.25, 0.3) is 0 Å². The molecule has 1 heterocycles. The van der Waals surface area contributed by atoms with E-state index in [1.165, 1.54) is 16.4 Å². The molecule has 3 N–H and O–H groups in total. The Kier molecular flexibility index (Phi) is 6.36. The number of nitrogens with zero attached hydrogens (tertiary/aromatic N) is 3. The SMILES string of the molecule is CCC(C)(C)NC(=O)CSc1nnc(-c2ccc(OC)cc2OC)n1N. The van der Waals surface area contributed by atoms with E-state index in [2.05, 4.69) is 15.5 Å². The molecule has 1 aromatic heterocycles. The normalized spacial score (nSPS) is 11.3. The summed E-state index contributed by atoms with van der Waals surface area (Å²) in [7, 11) is 3.14. The Bertz CT molecular complexity index is 776. The number of nitrogens with one attached hydrogen (secondary N) is 1. The number of hydrogen-bond donors (Lipinski definition) is 2. The molecule has 8 nitrogen and oxygen atoms in total. The van der Waals surface area contributed by atoms with Crippen LogP contribution in [0.3, 0.4) is 0 Å². The van der Waals surface area contributed by atoms with Crippen molar-refractivity contribution < 1.29 is 14.3 Å². The van der Waals surface area contributed by atoms with E-state index in [9.17, 15) is 4.79 Å². The molecule has 1 aromatic carbocycles. The van der Waals surface area contributed by atoms with Crippen molar-refractivity contribution in [1.82, 2.24) is 20.2 Å². The molecule has 0 bridgehead atoms. The maximum Gasteiger partial charge on any atom is 0.230 e. The molecule has 26 heavy (non-hydrogen) atoms. The van der Waals surface area contributed by atoms with E-state index in [0.717, 1.165) is 6.42 Å². The van der Waals surface area contributed by atoms with Crippen molar-refractivity contribution in [3.8, 4) is 22.9 Å². The number of hydrogen-bond acceptors (Lipinski definition) is 7. The van der Waals surface area contributed by atoms with Crippen molar-refractivity contribution >= 4 is 17.7 Å². The van der Waals surface area contributed by atoms with E-state index in [4.69, 9.17) is 15.3 Å². The van der Waals surface area contributed by atoms with Gasteiger partial charge in [0.05, 0.1) is 25.5 Å². The fourth-order valence-corrected chi connectivity index (χ4v) is 2.83. The quantitative estimate of drug-likeness (QED) is 0.534. The minimum Gasteiger partial charge on any atom is -0.497 e. The number of nitrogen functional groups attached to an aromatic ring is 1. The number of carbonyl (C=O) groups is 1. The summed E-state index contributed by atoms with van der Waals surface area (Å²) >= 11 is 1.23. The lowest BCUT2D eigenvalue weighted by atomic mass is 10.0. The zero-order chi connectivity index (χ0) is 19.3. The lowest BCUT2D eigenvalue weighted by Gasteiger charge is -2.24. The first-order valence-corrected chi connectivity index (χ1v) is 9.16. The molecule has 0 saturated carbocycles. The van der Waals surface area contributed by atoms with Crippen LogP contribution < -0.4 is 20.6 Å². The maximum atomic E-state index is 12.1.